The minimum Gasteiger partial charge on any atom is -0.396 e. The molecule has 0 unspecified atom stereocenters. The summed E-state index contributed by atoms with van der Waals surface area (Å²) in [6.07, 6.45) is 4.07. The van der Waals surface area contributed by atoms with Crippen LogP contribution < -0.4 is 21.7 Å². The second kappa shape index (κ2) is 8.85. The smallest absolute Gasteiger partial charge is 0.263 e. The van der Waals surface area contributed by atoms with Gasteiger partial charge in [0.25, 0.3) is 5.91 Å². The van der Waals surface area contributed by atoms with Crippen LogP contribution in [0.1, 0.15) is 33.0 Å². The molecular formula is C23H29N7O2S. The van der Waals surface area contributed by atoms with Crippen LogP contribution in [0.15, 0.2) is 18.3 Å². The molecule has 5 N–H and O–H groups in total. The first-order valence-electron chi connectivity index (χ1n) is 11.2. The van der Waals surface area contributed by atoms with Crippen LogP contribution in [-0.4, -0.2) is 59.7 Å². The number of hydrogen-bond acceptors (Lipinski definition) is 9. The van der Waals surface area contributed by atoms with E-state index in [2.05, 4.69) is 32.3 Å². The van der Waals surface area contributed by atoms with Crippen molar-refractivity contribution in [1.82, 2.24) is 20.3 Å². The van der Waals surface area contributed by atoms with Gasteiger partial charge in [-0.3, -0.25) is 4.79 Å². The van der Waals surface area contributed by atoms with E-state index in [0.29, 0.717) is 33.4 Å². The topological polar surface area (TPSA) is 132 Å². The maximum absolute atomic E-state index is 13.0. The second-order valence-corrected chi connectivity index (χ2v) is 9.98. The lowest BCUT2D eigenvalue weighted by Gasteiger charge is -2.26. The molecule has 1 fully saturated rings. The largest absolute Gasteiger partial charge is 0.396 e. The number of fused-ring (bicyclic) bond motifs is 2. The van der Waals surface area contributed by atoms with Gasteiger partial charge in [0.1, 0.15) is 21.0 Å². The molecule has 0 saturated carbocycles. The first kappa shape index (κ1) is 22.0. The van der Waals surface area contributed by atoms with E-state index in [-0.39, 0.29) is 18.0 Å². The van der Waals surface area contributed by atoms with E-state index in [1.54, 1.807) is 13.3 Å². The molecular weight excluding hydrogens is 438 g/mol. The highest BCUT2D eigenvalue weighted by molar-refractivity contribution is 7.21. The van der Waals surface area contributed by atoms with Crippen molar-refractivity contribution in [2.24, 2.45) is 11.7 Å². The highest BCUT2D eigenvalue weighted by Crippen LogP contribution is 2.32. The number of nitrogens with zero attached hydrogens (tertiary/aromatic N) is 4. The number of carbonyl (C=O) groups excluding carboxylic acids is 1. The number of methoxy groups -OCH3 is 1. The third-order valence-corrected chi connectivity index (χ3v) is 7.63. The van der Waals surface area contributed by atoms with Crippen LogP contribution >= 0.6 is 11.3 Å². The van der Waals surface area contributed by atoms with Crippen molar-refractivity contribution in [2.45, 2.75) is 38.3 Å². The number of thiophene rings is 1. The van der Waals surface area contributed by atoms with Gasteiger partial charge in [-0.25, -0.2) is 15.0 Å². The highest BCUT2D eigenvalue weighted by atomic mass is 32.1. The third kappa shape index (κ3) is 4.25. The predicted molar refractivity (Wildman–Crippen MR) is 130 cm³/mol. The average molecular weight is 468 g/mol. The minimum absolute atomic E-state index is 0.0382. The van der Waals surface area contributed by atoms with E-state index in [9.17, 15) is 4.79 Å². The molecule has 0 bridgehead atoms. The Labute approximate surface area is 196 Å². The summed E-state index contributed by atoms with van der Waals surface area (Å²) in [7, 11) is 1.71. The monoisotopic (exact) mass is 467 g/mol. The molecule has 3 atom stereocenters. The predicted octanol–water partition coefficient (Wildman–Crippen LogP) is 1.67. The lowest BCUT2D eigenvalue weighted by Crippen LogP contribution is -2.39. The number of hydrogen-bond donors (Lipinski definition) is 3. The van der Waals surface area contributed by atoms with Crippen molar-refractivity contribution in [3.8, 4) is 0 Å². The van der Waals surface area contributed by atoms with Crippen molar-refractivity contribution in [3.05, 3.63) is 40.2 Å². The zero-order valence-electron chi connectivity index (χ0n) is 18.9. The van der Waals surface area contributed by atoms with Crippen LogP contribution in [0.4, 0.5) is 11.5 Å². The Morgan fingerprint density at radius 3 is 3.00 bits per heavy atom. The van der Waals surface area contributed by atoms with E-state index in [1.807, 2.05) is 6.92 Å². The average Bonchev–Trinajstić information content (AvgIpc) is 3.33. The third-order valence-electron chi connectivity index (χ3n) is 6.55. The Hall–Kier alpha value is -2.82. The minimum atomic E-state index is -0.164. The molecule has 0 spiro atoms. The molecule has 3 aromatic heterocycles. The Morgan fingerprint density at radius 1 is 1.33 bits per heavy atom. The zero-order chi connectivity index (χ0) is 23.1. The summed E-state index contributed by atoms with van der Waals surface area (Å²) in [6.45, 7) is 4.19. The number of amides is 1. The van der Waals surface area contributed by atoms with Gasteiger partial charge in [0, 0.05) is 50.1 Å². The number of ether oxygens (including phenoxy) is 1. The Bertz CT molecular complexity index is 1200. The van der Waals surface area contributed by atoms with Gasteiger partial charge in [-0.1, -0.05) is 6.07 Å². The second-order valence-electron chi connectivity index (χ2n) is 8.98. The molecule has 3 aromatic rings. The summed E-state index contributed by atoms with van der Waals surface area (Å²) in [5.41, 5.74) is 16.6. The van der Waals surface area contributed by atoms with Gasteiger partial charge in [0.05, 0.1) is 18.0 Å². The van der Waals surface area contributed by atoms with Gasteiger partial charge < -0.3 is 26.4 Å². The fourth-order valence-corrected chi connectivity index (χ4v) is 5.76. The van der Waals surface area contributed by atoms with Gasteiger partial charge in [-0.05, 0) is 37.8 Å². The van der Waals surface area contributed by atoms with Gasteiger partial charge in [-0.2, -0.15) is 0 Å². The number of aromatic nitrogens is 3. The SMILES string of the molecule is COC[C@@H]1CN(c2ccc3c(n2)CC[C@H](NC(=O)c2sc4nc(C)cnc4c2N)C3)C[C@@H]1N. The van der Waals surface area contributed by atoms with Crippen LogP contribution in [0, 0.1) is 12.8 Å². The summed E-state index contributed by atoms with van der Waals surface area (Å²) < 4.78 is 5.30. The fourth-order valence-electron chi connectivity index (χ4n) is 4.76. The number of aryl methyl sites for hydroxylation is 2. The summed E-state index contributed by atoms with van der Waals surface area (Å²) in [5, 5.41) is 3.16. The van der Waals surface area contributed by atoms with Crippen molar-refractivity contribution < 1.29 is 9.53 Å². The number of nitrogen functional groups attached to an aromatic ring is 1. The molecule has 1 amide bonds. The molecule has 174 valence electrons. The van der Waals surface area contributed by atoms with E-state index in [0.717, 1.165) is 49.6 Å². The number of anilines is 2. The van der Waals surface area contributed by atoms with Crippen molar-refractivity contribution in [3.63, 3.8) is 0 Å². The molecule has 0 aromatic carbocycles. The van der Waals surface area contributed by atoms with Crippen LogP contribution in [0.25, 0.3) is 10.3 Å². The van der Waals surface area contributed by atoms with Crippen molar-refractivity contribution >= 4 is 39.1 Å². The molecule has 33 heavy (non-hydrogen) atoms. The summed E-state index contributed by atoms with van der Waals surface area (Å²) in [6, 6.07) is 4.33. The van der Waals surface area contributed by atoms with E-state index < -0.39 is 0 Å². The van der Waals surface area contributed by atoms with E-state index >= 15 is 0 Å². The van der Waals surface area contributed by atoms with E-state index in [1.165, 1.54) is 16.9 Å². The number of carbonyl (C=O) groups is 1. The van der Waals surface area contributed by atoms with Crippen molar-refractivity contribution in [1.29, 1.82) is 0 Å². The Balaban J connectivity index is 1.26. The van der Waals surface area contributed by atoms with Crippen LogP contribution in [-0.2, 0) is 17.6 Å². The van der Waals surface area contributed by atoms with Crippen LogP contribution in [0.5, 0.6) is 0 Å². The molecule has 1 aliphatic heterocycles. The Morgan fingerprint density at radius 2 is 2.18 bits per heavy atom. The van der Waals surface area contributed by atoms with Gasteiger partial charge >= 0.3 is 0 Å². The Kier molecular flexibility index (Phi) is 5.90. The molecule has 0 radical (unpaired) electrons. The molecule has 5 rings (SSSR count). The standard InChI is InChI=1S/C23H29N7O2S/c1-12-8-26-20-19(25)21(33-23(20)27-12)22(31)28-15-4-5-17-13(7-15)3-6-18(29-17)30-9-14(11-32-2)16(24)10-30/h3,6,8,14-16H,4-5,7,9-11,24-25H2,1-2H3,(H,28,31)/t14-,15-,16-/m0/s1. The summed E-state index contributed by atoms with van der Waals surface area (Å²) in [5.74, 6) is 1.13. The van der Waals surface area contributed by atoms with Crippen molar-refractivity contribution in [2.75, 3.05) is 37.4 Å². The van der Waals surface area contributed by atoms with Gasteiger partial charge in [0.15, 0.2) is 0 Å². The number of rotatable bonds is 5. The first-order valence-corrected chi connectivity index (χ1v) is 12.0. The molecule has 1 aliphatic carbocycles. The van der Waals surface area contributed by atoms with Gasteiger partial charge in [-0.15, -0.1) is 11.3 Å². The van der Waals surface area contributed by atoms with E-state index in [4.69, 9.17) is 21.2 Å². The van der Waals surface area contributed by atoms with Gasteiger partial charge in [0.2, 0.25) is 0 Å². The number of pyridine rings is 1. The quantitative estimate of drug-likeness (QED) is 0.516. The molecule has 1 saturated heterocycles. The zero-order valence-corrected chi connectivity index (χ0v) is 19.7. The maximum Gasteiger partial charge on any atom is 0.263 e. The summed E-state index contributed by atoms with van der Waals surface area (Å²) >= 11 is 1.29. The normalized spacial score (nSPS) is 22.5. The number of nitrogens with two attached hydrogens (primary N) is 2. The number of nitrogens with one attached hydrogen (secondary N) is 1. The maximum atomic E-state index is 13.0. The lowest BCUT2D eigenvalue weighted by molar-refractivity contribution is 0.0938. The first-order chi connectivity index (χ1) is 15.9. The summed E-state index contributed by atoms with van der Waals surface area (Å²) in [4.78, 5) is 30.1. The fraction of sp³-hybridized carbons (Fsp3) is 0.478. The van der Waals surface area contributed by atoms with Crippen LogP contribution in [0.3, 0.4) is 0 Å². The highest BCUT2D eigenvalue weighted by Gasteiger charge is 2.32. The lowest BCUT2D eigenvalue weighted by atomic mass is 9.91. The molecule has 9 nitrogen and oxygen atoms in total. The molecule has 4 heterocycles. The van der Waals surface area contributed by atoms with Crippen LogP contribution in [0.2, 0.25) is 0 Å². The molecule has 10 heteroatoms. The molecule has 2 aliphatic rings.